The lowest BCUT2D eigenvalue weighted by molar-refractivity contribution is -0.152. The molecule has 158 valence electrons. The predicted molar refractivity (Wildman–Crippen MR) is 105 cm³/mol. The van der Waals surface area contributed by atoms with Crippen LogP contribution < -0.4 is 0 Å². The van der Waals surface area contributed by atoms with Crippen molar-refractivity contribution < 1.29 is 27.6 Å². The number of ether oxygens (including phenoxy) is 1. The number of aliphatic hydroxyl groups excluding tert-OH is 1. The molecule has 1 aliphatic carbocycles. The highest BCUT2D eigenvalue weighted by molar-refractivity contribution is 7.85. The summed E-state index contributed by atoms with van der Waals surface area (Å²) in [6.45, 7) is -0.220. The molecule has 2 heterocycles. The fraction of sp³-hybridized carbons (Fsp3) is 0.632. The minimum absolute atomic E-state index is 0.0647. The Morgan fingerprint density at radius 3 is 2.04 bits per heavy atom. The summed E-state index contributed by atoms with van der Waals surface area (Å²) in [4.78, 5) is 12.5. The number of rotatable bonds is 4. The van der Waals surface area contributed by atoms with Gasteiger partial charge in [-0.1, -0.05) is 30.3 Å². The van der Waals surface area contributed by atoms with Gasteiger partial charge in [0.2, 0.25) is 0 Å². The van der Waals surface area contributed by atoms with Crippen LogP contribution in [0, 0.1) is 0 Å². The van der Waals surface area contributed by atoms with E-state index in [0.29, 0.717) is 18.3 Å². The summed E-state index contributed by atoms with van der Waals surface area (Å²) in [5, 5.41) is 14.2. The van der Waals surface area contributed by atoms with Gasteiger partial charge in [0.15, 0.2) is 0 Å². The van der Waals surface area contributed by atoms with Crippen molar-refractivity contribution in [2.75, 3.05) is 27.0 Å². The number of fused-ring (bicyclic) bond motifs is 4. The maximum atomic E-state index is 12.5. The Morgan fingerprint density at radius 2 is 1.61 bits per heavy atom. The molecule has 28 heavy (non-hydrogen) atoms. The minimum atomic E-state index is -3.67. The largest absolute Gasteiger partial charge is 0.462 e. The van der Waals surface area contributed by atoms with Gasteiger partial charge >= 0.3 is 5.97 Å². The van der Waals surface area contributed by atoms with Gasteiger partial charge in [0, 0.05) is 39.0 Å². The summed E-state index contributed by atoms with van der Waals surface area (Å²) in [5.41, 5.74) is 0.811. The SMILES string of the molecule is CN1[C@@H]2CC[C@@H](CC(OC(=O)C(CO)c3ccccc3)C2)N1C.CS(=O)(=O)O. The average Bonchev–Trinajstić information content (AvgIpc) is 2.87. The zero-order valence-electron chi connectivity index (χ0n) is 16.6. The maximum Gasteiger partial charge on any atom is 0.316 e. The summed E-state index contributed by atoms with van der Waals surface area (Å²) >= 11 is 0. The third-order valence-corrected chi connectivity index (χ3v) is 5.41. The number of esters is 1. The third-order valence-electron chi connectivity index (χ3n) is 5.41. The molecule has 4 atom stereocenters. The summed E-state index contributed by atoms with van der Waals surface area (Å²) in [6.07, 6.45) is 4.70. The van der Waals surface area contributed by atoms with Gasteiger partial charge < -0.3 is 9.84 Å². The molecule has 0 aromatic heterocycles. The van der Waals surface area contributed by atoms with Crippen LogP contribution in [0.5, 0.6) is 0 Å². The second-order valence-corrected chi connectivity index (χ2v) is 8.91. The van der Waals surface area contributed by atoms with Crippen molar-refractivity contribution in [3.63, 3.8) is 0 Å². The molecule has 9 heteroatoms. The van der Waals surface area contributed by atoms with Crippen LogP contribution in [-0.2, 0) is 19.6 Å². The number of hydrogen-bond donors (Lipinski definition) is 2. The van der Waals surface area contributed by atoms with Crippen LogP contribution in [0.15, 0.2) is 30.3 Å². The normalized spacial score (nSPS) is 26.7. The van der Waals surface area contributed by atoms with Gasteiger partial charge in [-0.05, 0) is 18.4 Å². The van der Waals surface area contributed by atoms with Gasteiger partial charge in [-0.15, -0.1) is 0 Å². The van der Waals surface area contributed by atoms with E-state index >= 15 is 0 Å². The molecule has 2 unspecified atom stereocenters. The molecule has 3 fully saturated rings. The molecule has 0 spiro atoms. The van der Waals surface area contributed by atoms with Gasteiger partial charge in [-0.3, -0.25) is 9.35 Å². The number of hydrogen-bond acceptors (Lipinski definition) is 7. The molecule has 3 aliphatic rings. The van der Waals surface area contributed by atoms with E-state index in [0.717, 1.165) is 31.2 Å². The molecule has 2 aliphatic heterocycles. The van der Waals surface area contributed by atoms with Gasteiger partial charge in [-0.25, -0.2) is 10.0 Å². The third kappa shape index (κ3) is 6.52. The van der Waals surface area contributed by atoms with Crippen LogP contribution in [0.2, 0.25) is 0 Å². The zero-order chi connectivity index (χ0) is 20.9. The van der Waals surface area contributed by atoms with E-state index in [-0.39, 0.29) is 18.7 Å². The number of aliphatic hydroxyl groups is 1. The Hall–Kier alpha value is -1.52. The van der Waals surface area contributed by atoms with Crippen LogP contribution in [0.4, 0.5) is 0 Å². The Morgan fingerprint density at radius 1 is 1.14 bits per heavy atom. The second kappa shape index (κ2) is 9.80. The molecule has 4 rings (SSSR count). The number of carbonyl (C=O) groups is 1. The number of benzene rings is 1. The lowest BCUT2D eigenvalue weighted by Crippen LogP contribution is -2.51. The fourth-order valence-electron chi connectivity index (χ4n) is 3.86. The zero-order valence-corrected chi connectivity index (χ0v) is 17.4. The van der Waals surface area contributed by atoms with Crippen molar-refractivity contribution in [3.8, 4) is 0 Å². The quantitative estimate of drug-likeness (QED) is 0.560. The smallest absolute Gasteiger partial charge is 0.316 e. The van der Waals surface area contributed by atoms with Gasteiger partial charge in [0.05, 0.1) is 12.9 Å². The highest BCUT2D eigenvalue weighted by Gasteiger charge is 2.39. The van der Waals surface area contributed by atoms with Gasteiger partial charge in [0.25, 0.3) is 10.1 Å². The first-order valence-electron chi connectivity index (χ1n) is 9.34. The monoisotopic (exact) mass is 414 g/mol. The van der Waals surface area contributed by atoms with E-state index < -0.39 is 16.0 Å². The van der Waals surface area contributed by atoms with E-state index in [9.17, 15) is 18.3 Å². The van der Waals surface area contributed by atoms with E-state index in [2.05, 4.69) is 24.1 Å². The van der Waals surface area contributed by atoms with Crippen LogP contribution in [-0.4, -0.2) is 79.2 Å². The standard InChI is InChI=1S/C18H26N2O3.CH4O3S/c1-19-14-8-9-15(20(19)2)11-16(10-14)23-18(22)17(12-21)13-6-4-3-5-7-13;1-5(2,3)4/h3-7,14-17,21H,8-12H2,1-2H3;1H3,(H,2,3,4)/t14-,15+,16?,17?;. The molecule has 1 aromatic carbocycles. The molecule has 2 N–H and O–H groups in total. The summed E-state index contributed by atoms with van der Waals surface area (Å²) in [6, 6.07) is 10.2. The van der Waals surface area contributed by atoms with Crippen molar-refractivity contribution >= 4 is 16.1 Å². The molecule has 0 amide bonds. The molecular formula is C19H30N2O6S. The summed E-state index contributed by atoms with van der Waals surface area (Å²) in [7, 11) is 0.559. The van der Waals surface area contributed by atoms with Gasteiger partial charge in [-0.2, -0.15) is 8.42 Å². The van der Waals surface area contributed by atoms with E-state index in [1.807, 2.05) is 30.3 Å². The first-order chi connectivity index (χ1) is 13.1. The highest BCUT2D eigenvalue weighted by Crippen LogP contribution is 2.33. The van der Waals surface area contributed by atoms with Crippen LogP contribution >= 0.6 is 0 Å². The highest BCUT2D eigenvalue weighted by atomic mass is 32.2. The Bertz CT molecular complexity index is 716. The Kier molecular flexibility index (Phi) is 7.97. The van der Waals surface area contributed by atoms with Crippen molar-refractivity contribution in [2.45, 2.75) is 49.8 Å². The molecule has 1 aromatic rings. The molecule has 1 saturated carbocycles. The molecule has 2 saturated heterocycles. The maximum absolute atomic E-state index is 12.5. The first kappa shape index (κ1) is 22.8. The topological polar surface area (TPSA) is 107 Å². The molecule has 2 bridgehead atoms. The van der Waals surface area contributed by atoms with Crippen molar-refractivity contribution in [3.05, 3.63) is 35.9 Å². The lowest BCUT2D eigenvalue weighted by atomic mass is 10.00. The molecule has 0 radical (unpaired) electrons. The fourth-order valence-corrected chi connectivity index (χ4v) is 3.86. The molecule has 8 nitrogen and oxygen atoms in total. The van der Waals surface area contributed by atoms with Crippen molar-refractivity contribution in [1.29, 1.82) is 0 Å². The molecular weight excluding hydrogens is 384 g/mol. The number of hydrazine groups is 1. The van der Waals surface area contributed by atoms with Crippen molar-refractivity contribution in [1.82, 2.24) is 10.0 Å². The first-order valence-corrected chi connectivity index (χ1v) is 11.2. The second-order valence-electron chi connectivity index (χ2n) is 7.44. The van der Waals surface area contributed by atoms with E-state index in [1.165, 1.54) is 0 Å². The van der Waals surface area contributed by atoms with E-state index in [4.69, 9.17) is 9.29 Å². The van der Waals surface area contributed by atoms with Crippen LogP contribution in [0.1, 0.15) is 37.2 Å². The van der Waals surface area contributed by atoms with Crippen LogP contribution in [0.3, 0.4) is 0 Å². The van der Waals surface area contributed by atoms with Gasteiger partial charge in [0.1, 0.15) is 12.0 Å². The average molecular weight is 415 g/mol. The predicted octanol–water partition coefficient (Wildman–Crippen LogP) is 1.28. The summed E-state index contributed by atoms with van der Waals surface area (Å²) in [5.74, 6) is -0.900. The number of nitrogens with zero attached hydrogens (tertiary/aromatic N) is 2. The Balaban J connectivity index is 0.000000500. The summed E-state index contributed by atoms with van der Waals surface area (Å²) < 4.78 is 31.7. The van der Waals surface area contributed by atoms with E-state index in [1.54, 1.807) is 0 Å². The minimum Gasteiger partial charge on any atom is -0.462 e. The number of carbonyl (C=O) groups excluding carboxylic acids is 1. The Labute approximate surface area is 166 Å². The van der Waals surface area contributed by atoms with Crippen LogP contribution in [0.25, 0.3) is 0 Å². The van der Waals surface area contributed by atoms with Crippen molar-refractivity contribution in [2.24, 2.45) is 0 Å². The lowest BCUT2D eigenvalue weighted by Gasteiger charge is -2.42.